The molecule has 25 heavy (non-hydrogen) atoms. The maximum atomic E-state index is 13.3. The van der Waals surface area contributed by atoms with Crippen LogP contribution in [-0.2, 0) is 4.79 Å². The Hall–Kier alpha value is -2.17. The molecule has 1 fully saturated rings. The van der Waals surface area contributed by atoms with Crippen molar-refractivity contribution in [3.05, 3.63) is 71.8 Å². The highest BCUT2D eigenvalue weighted by atomic mass is 16.3. The molecule has 0 aliphatic carbocycles. The first kappa shape index (κ1) is 17.6. The zero-order valence-corrected chi connectivity index (χ0v) is 14.7. The van der Waals surface area contributed by atoms with Crippen LogP contribution in [0.5, 0.6) is 0 Å². The minimum Gasteiger partial charge on any atom is -0.392 e. The van der Waals surface area contributed by atoms with Crippen molar-refractivity contribution in [1.29, 1.82) is 0 Å². The van der Waals surface area contributed by atoms with Crippen LogP contribution in [0.1, 0.15) is 24.0 Å². The topological polar surface area (TPSA) is 43.8 Å². The summed E-state index contributed by atoms with van der Waals surface area (Å²) in [5, 5.41) is 9.54. The molecular weight excluding hydrogens is 312 g/mol. The van der Waals surface area contributed by atoms with Gasteiger partial charge in [-0.1, -0.05) is 60.7 Å². The lowest BCUT2D eigenvalue weighted by atomic mass is 9.90. The number of hydrogen-bond donors (Lipinski definition) is 1. The second kappa shape index (κ2) is 8.28. The number of benzene rings is 2. The molecule has 3 rings (SSSR count). The number of hydrogen-bond acceptors (Lipinski definition) is 3. The van der Waals surface area contributed by atoms with Gasteiger partial charge in [0.05, 0.1) is 12.0 Å². The van der Waals surface area contributed by atoms with Gasteiger partial charge in [0.1, 0.15) is 0 Å². The number of rotatable bonds is 5. The van der Waals surface area contributed by atoms with Crippen molar-refractivity contribution in [2.45, 2.75) is 18.9 Å². The summed E-state index contributed by atoms with van der Waals surface area (Å²) in [4.78, 5) is 17.5. The van der Waals surface area contributed by atoms with E-state index in [0.717, 1.165) is 24.2 Å². The van der Waals surface area contributed by atoms with Crippen LogP contribution in [0, 0.1) is 0 Å². The maximum absolute atomic E-state index is 13.3. The molecule has 132 valence electrons. The van der Waals surface area contributed by atoms with E-state index >= 15 is 0 Å². The van der Waals surface area contributed by atoms with E-state index in [4.69, 9.17) is 0 Å². The summed E-state index contributed by atoms with van der Waals surface area (Å²) >= 11 is 0. The van der Waals surface area contributed by atoms with E-state index in [9.17, 15) is 9.90 Å². The minimum atomic E-state index is -0.330. The van der Waals surface area contributed by atoms with Gasteiger partial charge in [0.2, 0.25) is 5.91 Å². The molecule has 2 aromatic carbocycles. The molecule has 1 aliphatic heterocycles. The van der Waals surface area contributed by atoms with Gasteiger partial charge in [0.15, 0.2) is 0 Å². The molecule has 1 N–H and O–H groups in total. The Balaban J connectivity index is 1.77. The van der Waals surface area contributed by atoms with Crippen LogP contribution in [0.15, 0.2) is 60.7 Å². The highest BCUT2D eigenvalue weighted by molar-refractivity contribution is 5.87. The molecule has 1 amide bonds. The van der Waals surface area contributed by atoms with Crippen molar-refractivity contribution < 1.29 is 9.90 Å². The van der Waals surface area contributed by atoms with Gasteiger partial charge in [0.25, 0.3) is 0 Å². The molecule has 1 heterocycles. The van der Waals surface area contributed by atoms with Crippen molar-refractivity contribution in [2.75, 3.05) is 32.7 Å². The van der Waals surface area contributed by atoms with Crippen molar-refractivity contribution in [3.8, 4) is 0 Å². The number of aliphatic hydroxyl groups is 1. The van der Waals surface area contributed by atoms with E-state index < -0.39 is 0 Å². The van der Waals surface area contributed by atoms with Gasteiger partial charge in [-0.25, -0.2) is 0 Å². The third-order valence-corrected chi connectivity index (χ3v) is 4.72. The molecule has 2 aromatic rings. The molecule has 1 saturated heterocycles. The fraction of sp³-hybridized carbons (Fsp3) is 0.381. The quantitative estimate of drug-likeness (QED) is 0.910. The minimum absolute atomic E-state index is 0.161. The first-order valence-electron chi connectivity index (χ1n) is 8.94. The van der Waals surface area contributed by atoms with Gasteiger partial charge in [0, 0.05) is 32.7 Å². The number of carbonyl (C=O) groups excluding carboxylic acids is 1. The highest BCUT2D eigenvalue weighted by Gasteiger charge is 2.29. The number of piperazine rings is 1. The second-order valence-electron chi connectivity index (χ2n) is 6.73. The number of amides is 1. The smallest absolute Gasteiger partial charge is 0.234 e. The fourth-order valence-electron chi connectivity index (χ4n) is 3.48. The number of nitrogens with zero attached hydrogens (tertiary/aromatic N) is 2. The lowest BCUT2D eigenvalue weighted by Crippen LogP contribution is -2.51. The van der Waals surface area contributed by atoms with Crippen LogP contribution in [-0.4, -0.2) is 59.6 Å². The van der Waals surface area contributed by atoms with Crippen LogP contribution in [0.2, 0.25) is 0 Å². The van der Waals surface area contributed by atoms with Crippen molar-refractivity contribution >= 4 is 5.91 Å². The molecule has 4 nitrogen and oxygen atoms in total. The molecule has 0 spiro atoms. The maximum Gasteiger partial charge on any atom is 0.234 e. The first-order valence-corrected chi connectivity index (χ1v) is 8.94. The van der Waals surface area contributed by atoms with Gasteiger partial charge >= 0.3 is 0 Å². The molecule has 0 aromatic heterocycles. The van der Waals surface area contributed by atoms with Gasteiger partial charge in [-0.3, -0.25) is 9.69 Å². The summed E-state index contributed by atoms with van der Waals surface area (Å²) in [5.74, 6) is -0.0974. The Morgan fingerprint density at radius 2 is 1.40 bits per heavy atom. The predicted molar refractivity (Wildman–Crippen MR) is 99.4 cm³/mol. The van der Waals surface area contributed by atoms with Crippen LogP contribution in [0.4, 0.5) is 0 Å². The average Bonchev–Trinajstić information content (AvgIpc) is 2.64. The Morgan fingerprint density at radius 3 is 1.84 bits per heavy atom. The Labute approximate surface area is 149 Å². The van der Waals surface area contributed by atoms with E-state index in [2.05, 4.69) is 4.90 Å². The standard InChI is InChI=1S/C21H26N2O2/c1-17(24)16-22-12-14-23(15-13-22)21(25)20(18-8-4-2-5-9-18)19-10-6-3-7-11-19/h2-11,17,20,24H,12-16H2,1H3. The molecular formula is C21H26N2O2. The number of aliphatic hydroxyl groups excluding tert-OH is 1. The highest BCUT2D eigenvalue weighted by Crippen LogP contribution is 2.27. The van der Waals surface area contributed by atoms with E-state index in [1.165, 1.54) is 0 Å². The number of carbonyl (C=O) groups is 1. The molecule has 1 atom stereocenters. The summed E-state index contributed by atoms with van der Waals surface area (Å²) < 4.78 is 0. The van der Waals surface area contributed by atoms with E-state index in [-0.39, 0.29) is 17.9 Å². The molecule has 4 heteroatoms. The molecule has 0 bridgehead atoms. The van der Waals surface area contributed by atoms with Crippen LogP contribution < -0.4 is 0 Å². The van der Waals surface area contributed by atoms with Crippen molar-refractivity contribution in [2.24, 2.45) is 0 Å². The van der Waals surface area contributed by atoms with Crippen LogP contribution in [0.3, 0.4) is 0 Å². The molecule has 0 radical (unpaired) electrons. The molecule has 1 aliphatic rings. The summed E-state index contributed by atoms with van der Waals surface area (Å²) in [5.41, 5.74) is 2.07. The molecule has 0 saturated carbocycles. The van der Waals surface area contributed by atoms with Gasteiger partial charge in [-0.15, -0.1) is 0 Å². The van der Waals surface area contributed by atoms with Crippen molar-refractivity contribution in [3.63, 3.8) is 0 Å². The first-order chi connectivity index (χ1) is 12.1. The zero-order valence-electron chi connectivity index (χ0n) is 14.7. The van der Waals surface area contributed by atoms with Crippen LogP contribution >= 0.6 is 0 Å². The summed E-state index contributed by atoms with van der Waals surface area (Å²) in [6, 6.07) is 20.0. The van der Waals surface area contributed by atoms with E-state index in [1.807, 2.05) is 65.6 Å². The Morgan fingerprint density at radius 1 is 0.920 bits per heavy atom. The van der Waals surface area contributed by atoms with E-state index in [1.54, 1.807) is 6.92 Å². The summed E-state index contributed by atoms with van der Waals surface area (Å²) in [6.07, 6.45) is -0.330. The largest absolute Gasteiger partial charge is 0.392 e. The normalized spacial score (nSPS) is 16.8. The average molecular weight is 338 g/mol. The molecule has 1 unspecified atom stereocenters. The summed E-state index contributed by atoms with van der Waals surface area (Å²) in [6.45, 7) is 5.52. The van der Waals surface area contributed by atoms with Crippen molar-refractivity contribution in [1.82, 2.24) is 9.80 Å². The zero-order chi connectivity index (χ0) is 17.6. The Kier molecular flexibility index (Phi) is 5.84. The van der Waals surface area contributed by atoms with Crippen LogP contribution in [0.25, 0.3) is 0 Å². The monoisotopic (exact) mass is 338 g/mol. The lowest BCUT2D eigenvalue weighted by molar-refractivity contribution is -0.133. The second-order valence-corrected chi connectivity index (χ2v) is 6.73. The number of β-amino-alcohol motifs (C(OH)–C–C–N with tert-alkyl or cyclic N) is 1. The third kappa shape index (κ3) is 4.47. The fourth-order valence-corrected chi connectivity index (χ4v) is 3.48. The van der Waals surface area contributed by atoms with Gasteiger partial charge < -0.3 is 10.0 Å². The van der Waals surface area contributed by atoms with Gasteiger partial charge in [-0.2, -0.15) is 0 Å². The third-order valence-electron chi connectivity index (χ3n) is 4.72. The Bertz CT molecular complexity index is 625. The van der Waals surface area contributed by atoms with Gasteiger partial charge in [-0.05, 0) is 18.1 Å². The lowest BCUT2D eigenvalue weighted by Gasteiger charge is -2.37. The summed E-state index contributed by atoms with van der Waals surface area (Å²) in [7, 11) is 0. The van der Waals surface area contributed by atoms with E-state index in [0.29, 0.717) is 19.6 Å². The predicted octanol–water partition coefficient (Wildman–Crippen LogP) is 2.34. The SMILES string of the molecule is CC(O)CN1CCN(C(=O)C(c2ccccc2)c2ccccc2)CC1.